The second-order valence-electron chi connectivity index (χ2n) is 6.29. The number of carbonyl (C=O) groups excluding carboxylic acids is 2. The third-order valence-electron chi connectivity index (χ3n) is 3.37. The second kappa shape index (κ2) is 6.07. The van der Waals surface area contributed by atoms with Gasteiger partial charge in [0, 0.05) is 25.6 Å². The van der Waals surface area contributed by atoms with Gasteiger partial charge in [0.2, 0.25) is 5.91 Å². The van der Waals surface area contributed by atoms with Crippen LogP contribution >= 0.6 is 0 Å². The highest BCUT2D eigenvalue weighted by molar-refractivity contribution is 5.81. The number of nitrogens with zero attached hydrogens (tertiary/aromatic N) is 2. The van der Waals surface area contributed by atoms with Gasteiger partial charge in [-0.15, -0.1) is 0 Å². The van der Waals surface area contributed by atoms with E-state index in [0.717, 1.165) is 19.5 Å². The smallest absolute Gasteiger partial charge is 0.306 e. The topological polar surface area (TPSA) is 73.9 Å². The minimum absolute atomic E-state index is 0.00279. The van der Waals surface area contributed by atoms with Gasteiger partial charge in [0.05, 0.1) is 13.1 Å². The van der Waals surface area contributed by atoms with Crippen LogP contribution in [-0.4, -0.2) is 53.2 Å². The van der Waals surface area contributed by atoms with E-state index in [1.165, 1.54) is 0 Å². The quantitative estimate of drug-likeness (QED) is 0.710. The first kappa shape index (κ1) is 15.2. The van der Waals surface area contributed by atoms with Crippen molar-refractivity contribution in [3.8, 4) is 0 Å². The Balaban J connectivity index is 1.73. The van der Waals surface area contributed by atoms with Gasteiger partial charge < -0.3 is 9.64 Å². The van der Waals surface area contributed by atoms with Crippen LogP contribution in [0.4, 0.5) is 0 Å². The number of hydrogen-bond donors (Lipinski definition) is 2. The van der Waals surface area contributed by atoms with Gasteiger partial charge in [0.1, 0.15) is 5.60 Å². The summed E-state index contributed by atoms with van der Waals surface area (Å²) in [5, 5.41) is 2.02. The molecule has 0 bridgehead atoms. The number of esters is 1. The molecule has 1 unspecified atom stereocenters. The molecule has 0 aromatic carbocycles. The van der Waals surface area contributed by atoms with E-state index in [4.69, 9.17) is 4.74 Å². The summed E-state index contributed by atoms with van der Waals surface area (Å²) in [6.07, 6.45) is 1.29. The summed E-state index contributed by atoms with van der Waals surface area (Å²) >= 11 is 0. The molecular formula is C13H24N4O3. The highest BCUT2D eigenvalue weighted by atomic mass is 16.6. The summed E-state index contributed by atoms with van der Waals surface area (Å²) in [7, 11) is 0. The molecule has 1 amide bonds. The number of rotatable bonds is 3. The third kappa shape index (κ3) is 4.16. The van der Waals surface area contributed by atoms with Gasteiger partial charge in [-0.3, -0.25) is 9.59 Å². The third-order valence-corrected chi connectivity index (χ3v) is 3.37. The molecule has 20 heavy (non-hydrogen) atoms. The normalized spacial score (nSPS) is 23.6. The molecule has 0 spiro atoms. The number of hydrogen-bond acceptors (Lipinski definition) is 6. The Kier molecular flexibility index (Phi) is 4.62. The van der Waals surface area contributed by atoms with Crippen molar-refractivity contribution in [3.05, 3.63) is 0 Å². The fourth-order valence-corrected chi connectivity index (χ4v) is 2.40. The molecular weight excluding hydrogens is 260 g/mol. The van der Waals surface area contributed by atoms with E-state index in [1.54, 1.807) is 4.90 Å². The van der Waals surface area contributed by atoms with Crippen LogP contribution in [0.15, 0.2) is 0 Å². The molecule has 2 aliphatic rings. The molecule has 0 radical (unpaired) electrons. The molecule has 114 valence electrons. The Morgan fingerprint density at radius 1 is 1.30 bits per heavy atom. The van der Waals surface area contributed by atoms with Crippen molar-refractivity contribution in [2.24, 2.45) is 0 Å². The Labute approximate surface area is 119 Å². The molecule has 2 rings (SSSR count). The van der Waals surface area contributed by atoms with Crippen LogP contribution in [0.1, 0.15) is 40.0 Å². The van der Waals surface area contributed by atoms with Crippen molar-refractivity contribution in [1.82, 2.24) is 20.9 Å². The van der Waals surface area contributed by atoms with Crippen molar-refractivity contribution >= 4 is 11.9 Å². The zero-order valence-electron chi connectivity index (χ0n) is 12.4. The van der Waals surface area contributed by atoms with Gasteiger partial charge in [-0.25, -0.2) is 10.4 Å². The van der Waals surface area contributed by atoms with Crippen LogP contribution in [0.3, 0.4) is 0 Å². The first-order valence-corrected chi connectivity index (χ1v) is 7.10. The fraction of sp³-hybridized carbons (Fsp3) is 0.846. The highest BCUT2D eigenvalue weighted by Crippen LogP contribution is 2.15. The van der Waals surface area contributed by atoms with Crippen LogP contribution in [-0.2, 0) is 14.3 Å². The maximum atomic E-state index is 12.1. The lowest BCUT2D eigenvalue weighted by Crippen LogP contribution is -2.54. The van der Waals surface area contributed by atoms with E-state index >= 15 is 0 Å². The van der Waals surface area contributed by atoms with Gasteiger partial charge in [-0.05, 0) is 27.2 Å². The number of fused-ring (bicyclic) bond motifs is 1. The maximum absolute atomic E-state index is 12.1. The second-order valence-corrected chi connectivity index (χ2v) is 6.29. The van der Waals surface area contributed by atoms with Crippen molar-refractivity contribution in [1.29, 1.82) is 0 Å². The van der Waals surface area contributed by atoms with Crippen LogP contribution in [0.2, 0.25) is 0 Å². The molecule has 2 aliphatic heterocycles. The van der Waals surface area contributed by atoms with Gasteiger partial charge >= 0.3 is 5.97 Å². The predicted octanol–water partition coefficient (Wildman–Crippen LogP) is -0.00850. The molecule has 0 aromatic rings. The van der Waals surface area contributed by atoms with Crippen LogP contribution < -0.4 is 11.0 Å². The summed E-state index contributed by atoms with van der Waals surface area (Å²) in [5.41, 5.74) is 5.60. The monoisotopic (exact) mass is 284 g/mol. The summed E-state index contributed by atoms with van der Waals surface area (Å²) in [6.45, 7) is 7.68. The number of ether oxygens (including phenoxy) is 1. The molecule has 1 atom stereocenters. The number of hydrazine groups is 2. The zero-order valence-corrected chi connectivity index (χ0v) is 12.4. The van der Waals surface area contributed by atoms with Crippen molar-refractivity contribution in [2.75, 3.05) is 19.8 Å². The first-order chi connectivity index (χ1) is 9.35. The molecule has 7 nitrogen and oxygen atoms in total. The Morgan fingerprint density at radius 2 is 2.05 bits per heavy atom. The highest BCUT2D eigenvalue weighted by Gasteiger charge is 2.32. The largest absolute Gasteiger partial charge is 0.460 e. The van der Waals surface area contributed by atoms with Crippen LogP contribution in [0.25, 0.3) is 0 Å². The maximum Gasteiger partial charge on any atom is 0.306 e. The standard InChI is InChI=1S/C13H24N4O3/c1-13(2,3)20-12(19)5-4-11(18)16-7-6-10-8-14-15-17(10)9-16/h10,14-15H,4-9H2,1-3H3. The average Bonchev–Trinajstić information content (AvgIpc) is 2.80. The number of amides is 1. The van der Waals surface area contributed by atoms with Gasteiger partial charge in [0.15, 0.2) is 0 Å². The minimum Gasteiger partial charge on any atom is -0.460 e. The molecule has 0 aromatic heterocycles. The minimum atomic E-state index is -0.496. The van der Waals surface area contributed by atoms with Gasteiger partial charge in [0.25, 0.3) is 0 Å². The van der Waals surface area contributed by atoms with Crippen LogP contribution in [0.5, 0.6) is 0 Å². The summed E-state index contributed by atoms with van der Waals surface area (Å²) < 4.78 is 5.20. The number of carbonyl (C=O) groups is 2. The van der Waals surface area contributed by atoms with Crippen molar-refractivity contribution in [3.63, 3.8) is 0 Å². The van der Waals surface area contributed by atoms with Crippen LogP contribution in [0, 0.1) is 0 Å². The summed E-state index contributed by atoms with van der Waals surface area (Å²) in [6, 6.07) is 0.449. The van der Waals surface area contributed by atoms with E-state index in [2.05, 4.69) is 11.0 Å². The lowest BCUT2D eigenvalue weighted by atomic mass is 10.1. The molecule has 7 heteroatoms. The fourth-order valence-electron chi connectivity index (χ4n) is 2.40. The zero-order chi connectivity index (χ0) is 14.8. The first-order valence-electron chi connectivity index (χ1n) is 7.10. The van der Waals surface area contributed by atoms with E-state index in [9.17, 15) is 9.59 Å². The van der Waals surface area contributed by atoms with Gasteiger partial charge in [-0.1, -0.05) is 0 Å². The lowest BCUT2D eigenvalue weighted by molar-refractivity contribution is -0.156. The van der Waals surface area contributed by atoms with E-state index in [-0.39, 0.29) is 24.7 Å². The summed E-state index contributed by atoms with van der Waals surface area (Å²) in [4.78, 5) is 25.5. The van der Waals surface area contributed by atoms with Crippen molar-refractivity contribution < 1.29 is 14.3 Å². The van der Waals surface area contributed by atoms with Crippen molar-refractivity contribution in [2.45, 2.75) is 51.7 Å². The van der Waals surface area contributed by atoms with E-state index in [1.807, 2.05) is 25.8 Å². The Bertz CT molecular complexity index is 380. The molecule has 2 heterocycles. The molecule has 0 saturated carbocycles. The van der Waals surface area contributed by atoms with E-state index in [0.29, 0.717) is 12.7 Å². The molecule has 2 saturated heterocycles. The summed E-state index contributed by atoms with van der Waals surface area (Å²) in [5.74, 6) is -0.315. The lowest BCUT2D eigenvalue weighted by Gasteiger charge is -2.36. The Morgan fingerprint density at radius 3 is 2.75 bits per heavy atom. The molecule has 2 N–H and O–H groups in total. The molecule has 2 fully saturated rings. The average molecular weight is 284 g/mol. The van der Waals surface area contributed by atoms with E-state index < -0.39 is 5.60 Å². The molecule has 0 aliphatic carbocycles. The number of nitrogens with one attached hydrogen (secondary N) is 2. The predicted molar refractivity (Wildman–Crippen MR) is 73.0 cm³/mol. The SMILES string of the molecule is CC(C)(C)OC(=O)CCC(=O)N1CCC2CNNN2C1. The Hall–Kier alpha value is -1.18. The van der Waals surface area contributed by atoms with Gasteiger partial charge in [-0.2, -0.15) is 5.53 Å².